The van der Waals surface area contributed by atoms with Gasteiger partial charge in [-0.3, -0.25) is 9.59 Å². The molecule has 1 unspecified atom stereocenters. The van der Waals surface area contributed by atoms with Crippen molar-refractivity contribution in [2.24, 2.45) is 0 Å². The Kier molecular flexibility index (Phi) is 6.92. The highest BCUT2D eigenvalue weighted by Gasteiger charge is 2.46. The van der Waals surface area contributed by atoms with Crippen molar-refractivity contribution in [1.29, 1.82) is 0 Å². The fourth-order valence-corrected chi connectivity index (χ4v) is 3.89. The Hall–Kier alpha value is -3.20. The van der Waals surface area contributed by atoms with Crippen LogP contribution in [0.1, 0.15) is 38.8 Å². The number of hydrogen-bond donors (Lipinski definition) is 2. The number of carbonyl (C=O) groups excluding carboxylic acids is 2. The van der Waals surface area contributed by atoms with E-state index in [9.17, 15) is 23.5 Å². The number of halogens is 2. The van der Waals surface area contributed by atoms with Gasteiger partial charge in [0.25, 0.3) is 5.91 Å². The van der Waals surface area contributed by atoms with Crippen molar-refractivity contribution in [1.82, 2.24) is 5.32 Å². The van der Waals surface area contributed by atoms with Crippen LogP contribution in [0.2, 0.25) is 0 Å². The number of nitrogens with one attached hydrogen (secondary N) is 1. The minimum atomic E-state index is -3.08. The molecule has 3 rings (SSSR count). The topological polar surface area (TPSA) is 88.1 Å². The van der Waals surface area contributed by atoms with Gasteiger partial charge in [-0.15, -0.1) is 0 Å². The number of hydrogen-bond acceptors (Lipinski definition) is 5. The van der Waals surface area contributed by atoms with Crippen LogP contribution in [0.15, 0.2) is 42.5 Å². The van der Waals surface area contributed by atoms with Crippen LogP contribution in [0.5, 0.6) is 11.5 Å². The molecular formula is C24H28F2N2O5. The number of benzene rings is 2. The molecule has 0 spiro atoms. The Balaban J connectivity index is 1.76. The second-order valence-electron chi connectivity index (χ2n) is 8.55. The smallest absolute Gasteiger partial charge is 0.387 e. The lowest BCUT2D eigenvalue weighted by Gasteiger charge is -2.29. The Morgan fingerprint density at radius 1 is 1.21 bits per heavy atom. The lowest BCUT2D eigenvalue weighted by atomic mass is 9.86. The lowest BCUT2D eigenvalue weighted by Crippen LogP contribution is -2.53. The summed E-state index contributed by atoms with van der Waals surface area (Å²) < 4.78 is 35.8. The van der Waals surface area contributed by atoms with E-state index in [-0.39, 0.29) is 42.7 Å². The predicted molar refractivity (Wildman–Crippen MR) is 119 cm³/mol. The van der Waals surface area contributed by atoms with Crippen LogP contribution in [-0.2, 0) is 21.5 Å². The highest BCUT2D eigenvalue weighted by molar-refractivity contribution is 6.08. The normalized spacial score (nSPS) is 16.4. The zero-order valence-electron chi connectivity index (χ0n) is 19.0. The average molecular weight is 462 g/mol. The summed E-state index contributed by atoms with van der Waals surface area (Å²) in [6.45, 7) is 3.30. The standard InChI is InChI=1S/C24H28F2N2O5/c1-5-32-18-12-8-9-15(19(18)33-22(25)26)13-27-20(29)24(4,31)14-28-17-11-7-6-10-16(17)23(2,3)21(28)30/h6-12,22,31H,5,13-14H2,1-4H3,(H,27,29). The molecule has 33 heavy (non-hydrogen) atoms. The zero-order valence-corrected chi connectivity index (χ0v) is 19.0. The van der Waals surface area contributed by atoms with Crippen LogP contribution in [0.3, 0.4) is 0 Å². The average Bonchev–Trinajstić information content (AvgIpc) is 2.94. The first kappa shape index (κ1) is 24.4. The summed E-state index contributed by atoms with van der Waals surface area (Å²) in [5.74, 6) is -1.05. The fraction of sp³-hybridized carbons (Fsp3) is 0.417. The zero-order chi connectivity index (χ0) is 24.4. The number of para-hydroxylation sites is 2. The molecule has 0 aromatic heterocycles. The Labute approximate surface area is 191 Å². The van der Waals surface area contributed by atoms with Gasteiger partial charge in [0.15, 0.2) is 17.1 Å². The van der Waals surface area contributed by atoms with Gasteiger partial charge in [-0.05, 0) is 45.4 Å². The SMILES string of the molecule is CCOc1cccc(CNC(=O)C(C)(O)CN2C(=O)C(C)(C)c3ccccc32)c1OC(F)F. The van der Waals surface area contributed by atoms with Gasteiger partial charge >= 0.3 is 6.61 Å². The second-order valence-corrected chi connectivity index (χ2v) is 8.55. The summed E-state index contributed by atoms with van der Waals surface area (Å²) >= 11 is 0. The maximum atomic E-state index is 13.0. The van der Waals surface area contributed by atoms with Crippen molar-refractivity contribution < 1.29 is 33.0 Å². The van der Waals surface area contributed by atoms with E-state index in [4.69, 9.17) is 4.74 Å². The summed E-state index contributed by atoms with van der Waals surface area (Å²) in [5, 5.41) is 13.5. The highest BCUT2D eigenvalue weighted by atomic mass is 19.3. The van der Waals surface area contributed by atoms with Crippen LogP contribution in [0.25, 0.3) is 0 Å². The molecule has 1 heterocycles. The molecule has 7 nitrogen and oxygen atoms in total. The molecule has 0 bridgehead atoms. The van der Waals surface area contributed by atoms with Crippen molar-refractivity contribution in [2.75, 3.05) is 18.1 Å². The fourth-order valence-electron chi connectivity index (χ4n) is 3.89. The van der Waals surface area contributed by atoms with Crippen molar-refractivity contribution in [3.05, 3.63) is 53.6 Å². The molecule has 9 heteroatoms. The molecule has 0 fully saturated rings. The van der Waals surface area contributed by atoms with E-state index in [1.807, 2.05) is 12.1 Å². The number of β-amino-alcohol motifs (C(OH)–C–C–N with tert-alkyl or cyclic N) is 1. The molecule has 2 N–H and O–H groups in total. The highest BCUT2D eigenvalue weighted by Crippen LogP contribution is 2.41. The Morgan fingerprint density at radius 3 is 2.58 bits per heavy atom. The molecule has 0 saturated carbocycles. The van der Waals surface area contributed by atoms with E-state index in [1.165, 1.54) is 24.0 Å². The molecule has 0 saturated heterocycles. The third-order valence-electron chi connectivity index (χ3n) is 5.61. The van der Waals surface area contributed by atoms with Gasteiger partial charge in [-0.2, -0.15) is 8.78 Å². The van der Waals surface area contributed by atoms with E-state index in [0.717, 1.165) is 5.56 Å². The Morgan fingerprint density at radius 2 is 1.91 bits per heavy atom. The maximum absolute atomic E-state index is 13.0. The van der Waals surface area contributed by atoms with Crippen molar-refractivity contribution >= 4 is 17.5 Å². The van der Waals surface area contributed by atoms with Gasteiger partial charge in [-0.1, -0.05) is 30.3 Å². The van der Waals surface area contributed by atoms with Crippen LogP contribution >= 0.6 is 0 Å². The van der Waals surface area contributed by atoms with Crippen LogP contribution in [0.4, 0.5) is 14.5 Å². The monoisotopic (exact) mass is 462 g/mol. The molecule has 178 valence electrons. The van der Waals surface area contributed by atoms with Crippen LogP contribution in [-0.4, -0.2) is 42.3 Å². The number of anilines is 1. The molecule has 0 aliphatic carbocycles. The summed E-state index contributed by atoms with van der Waals surface area (Å²) in [5.41, 5.74) is -1.02. The molecule has 0 radical (unpaired) electrons. The van der Waals surface area contributed by atoms with Gasteiger partial charge in [0.1, 0.15) is 0 Å². The molecule has 2 aromatic rings. The minimum Gasteiger partial charge on any atom is -0.490 e. The third kappa shape index (κ3) is 4.93. The van der Waals surface area contributed by atoms with Crippen molar-refractivity contribution in [3.63, 3.8) is 0 Å². The molecular weight excluding hydrogens is 434 g/mol. The number of ether oxygens (including phenoxy) is 2. The van der Waals surface area contributed by atoms with E-state index >= 15 is 0 Å². The predicted octanol–water partition coefficient (Wildman–Crippen LogP) is 3.38. The number of carbonyl (C=O) groups is 2. The van der Waals surface area contributed by atoms with Crippen LogP contribution in [0, 0.1) is 0 Å². The molecule has 2 amide bonds. The van der Waals surface area contributed by atoms with Crippen LogP contribution < -0.4 is 19.7 Å². The molecule has 2 aromatic carbocycles. The van der Waals surface area contributed by atoms with Gasteiger partial charge in [0.05, 0.1) is 18.6 Å². The van der Waals surface area contributed by atoms with E-state index < -0.39 is 23.5 Å². The first-order valence-corrected chi connectivity index (χ1v) is 10.6. The largest absolute Gasteiger partial charge is 0.490 e. The maximum Gasteiger partial charge on any atom is 0.387 e. The number of amides is 2. The first-order valence-electron chi connectivity index (χ1n) is 10.6. The summed E-state index contributed by atoms with van der Waals surface area (Å²) in [6, 6.07) is 11.8. The van der Waals surface area contributed by atoms with Gasteiger partial charge in [-0.25, -0.2) is 0 Å². The summed E-state index contributed by atoms with van der Waals surface area (Å²) in [4.78, 5) is 27.2. The number of fused-ring (bicyclic) bond motifs is 1. The van der Waals surface area contributed by atoms with Crippen molar-refractivity contribution in [3.8, 4) is 11.5 Å². The number of nitrogens with zero attached hydrogens (tertiary/aromatic N) is 1. The quantitative estimate of drug-likeness (QED) is 0.597. The molecule has 1 aliphatic heterocycles. The first-order chi connectivity index (χ1) is 15.5. The number of aliphatic hydroxyl groups is 1. The lowest BCUT2D eigenvalue weighted by molar-refractivity contribution is -0.138. The van der Waals surface area contributed by atoms with Gasteiger partial charge in [0, 0.05) is 17.8 Å². The van der Waals surface area contributed by atoms with Gasteiger partial charge < -0.3 is 24.8 Å². The molecule has 1 aliphatic rings. The number of alkyl halides is 2. The second kappa shape index (κ2) is 9.35. The van der Waals surface area contributed by atoms with E-state index in [2.05, 4.69) is 10.1 Å². The minimum absolute atomic E-state index is 0.123. The van der Waals surface area contributed by atoms with Crippen molar-refractivity contribution in [2.45, 2.75) is 51.9 Å². The molecule has 1 atom stereocenters. The summed E-state index contributed by atoms with van der Waals surface area (Å²) in [7, 11) is 0. The van der Waals surface area contributed by atoms with E-state index in [0.29, 0.717) is 5.69 Å². The number of rotatable bonds is 9. The van der Waals surface area contributed by atoms with Gasteiger partial charge in [0.2, 0.25) is 5.91 Å². The third-order valence-corrected chi connectivity index (χ3v) is 5.61. The Bertz CT molecular complexity index is 1040. The van der Waals surface area contributed by atoms with E-state index in [1.54, 1.807) is 39.0 Å². The summed E-state index contributed by atoms with van der Waals surface area (Å²) in [6.07, 6.45) is 0.